The first kappa shape index (κ1) is 12.1. The summed E-state index contributed by atoms with van der Waals surface area (Å²) in [6.45, 7) is 1.51. The van der Waals surface area contributed by atoms with Crippen LogP contribution >= 0.6 is 35.6 Å². The highest BCUT2D eigenvalue weighted by molar-refractivity contribution is 6.42. The molecule has 1 aliphatic rings. The second-order valence-corrected chi connectivity index (χ2v) is 4.15. The molecule has 0 aliphatic carbocycles. The van der Waals surface area contributed by atoms with Crippen LogP contribution in [0, 0.1) is 0 Å². The van der Waals surface area contributed by atoms with Crippen molar-refractivity contribution in [3.8, 4) is 0 Å². The smallest absolute Gasteiger partial charge is 0.0677 e. The van der Waals surface area contributed by atoms with Crippen LogP contribution in [-0.4, -0.2) is 13.1 Å². The molecule has 0 spiro atoms. The molecule has 1 saturated heterocycles. The predicted octanol–water partition coefficient (Wildman–Crippen LogP) is 2.17. The third kappa shape index (κ3) is 1.86. The number of rotatable bonds is 1. The number of hydrogen-bond acceptors (Lipinski definition) is 2. The molecule has 0 aromatic heterocycles. The molecule has 14 heavy (non-hydrogen) atoms. The molecular formula is C9H11Cl3N2. The minimum absolute atomic E-state index is 0. The fourth-order valence-corrected chi connectivity index (χ4v) is 1.96. The molecule has 3 N–H and O–H groups in total. The first-order chi connectivity index (χ1) is 6.13. The normalized spacial score (nSPS) is 18.2. The molecule has 0 bridgehead atoms. The Morgan fingerprint density at radius 1 is 1.29 bits per heavy atom. The van der Waals surface area contributed by atoms with Gasteiger partial charge in [0.25, 0.3) is 0 Å². The zero-order valence-electron chi connectivity index (χ0n) is 7.39. The lowest BCUT2D eigenvalue weighted by molar-refractivity contribution is 0.287. The Morgan fingerprint density at radius 2 is 1.93 bits per heavy atom. The molecule has 0 amide bonds. The highest BCUT2D eigenvalue weighted by atomic mass is 35.5. The summed E-state index contributed by atoms with van der Waals surface area (Å²) in [5.74, 6) is 0. The molecule has 2 nitrogen and oxygen atoms in total. The molecule has 2 rings (SSSR count). The Balaban J connectivity index is 0.000000980. The molecule has 0 saturated carbocycles. The zero-order valence-corrected chi connectivity index (χ0v) is 9.72. The maximum Gasteiger partial charge on any atom is 0.0677 e. The standard InChI is InChI=1S/C9H10Cl2N2.ClH/c10-7-3-1-2-6(8(7)11)9(12)4-13-5-9;/h1-3,13H,4-5,12H2;1H. The van der Waals surface area contributed by atoms with Gasteiger partial charge in [0.05, 0.1) is 15.6 Å². The SMILES string of the molecule is Cl.NC1(c2cccc(Cl)c2Cl)CNC1. The van der Waals surface area contributed by atoms with E-state index in [0.717, 1.165) is 18.7 Å². The van der Waals surface area contributed by atoms with Crippen molar-refractivity contribution in [3.63, 3.8) is 0 Å². The highest BCUT2D eigenvalue weighted by Gasteiger charge is 2.36. The van der Waals surface area contributed by atoms with E-state index in [1.165, 1.54) is 0 Å². The van der Waals surface area contributed by atoms with Gasteiger partial charge in [0.15, 0.2) is 0 Å². The van der Waals surface area contributed by atoms with Crippen molar-refractivity contribution in [2.24, 2.45) is 5.73 Å². The third-order valence-electron chi connectivity index (χ3n) is 2.37. The largest absolute Gasteiger partial charge is 0.319 e. The lowest BCUT2D eigenvalue weighted by Crippen LogP contribution is -2.62. The molecule has 1 aliphatic heterocycles. The van der Waals surface area contributed by atoms with Gasteiger partial charge in [-0.3, -0.25) is 0 Å². The third-order valence-corrected chi connectivity index (χ3v) is 3.19. The second kappa shape index (κ2) is 4.25. The number of halogens is 3. The van der Waals surface area contributed by atoms with Crippen molar-refractivity contribution in [3.05, 3.63) is 33.8 Å². The fourth-order valence-electron chi connectivity index (χ4n) is 1.47. The molecule has 5 heteroatoms. The van der Waals surface area contributed by atoms with E-state index in [4.69, 9.17) is 28.9 Å². The summed E-state index contributed by atoms with van der Waals surface area (Å²) in [7, 11) is 0. The Kier molecular flexibility index (Phi) is 3.67. The van der Waals surface area contributed by atoms with Crippen molar-refractivity contribution in [1.29, 1.82) is 0 Å². The van der Waals surface area contributed by atoms with Gasteiger partial charge in [-0.05, 0) is 11.6 Å². The molecule has 0 unspecified atom stereocenters. The molecule has 1 heterocycles. The van der Waals surface area contributed by atoms with Crippen LogP contribution in [0.4, 0.5) is 0 Å². The Hall–Kier alpha value is 0.01000. The topological polar surface area (TPSA) is 38.0 Å². The van der Waals surface area contributed by atoms with Gasteiger partial charge in [0.2, 0.25) is 0 Å². The van der Waals surface area contributed by atoms with Crippen LogP contribution in [0.15, 0.2) is 18.2 Å². The van der Waals surface area contributed by atoms with Crippen molar-refractivity contribution < 1.29 is 0 Å². The molecule has 1 fully saturated rings. The van der Waals surface area contributed by atoms with Crippen LogP contribution in [0.2, 0.25) is 10.0 Å². The van der Waals surface area contributed by atoms with E-state index >= 15 is 0 Å². The van der Waals surface area contributed by atoms with Crippen molar-refractivity contribution in [2.45, 2.75) is 5.54 Å². The quantitative estimate of drug-likeness (QED) is 0.805. The van der Waals surface area contributed by atoms with Gasteiger partial charge < -0.3 is 11.1 Å². The monoisotopic (exact) mass is 252 g/mol. The summed E-state index contributed by atoms with van der Waals surface area (Å²) in [5, 5.41) is 4.26. The summed E-state index contributed by atoms with van der Waals surface area (Å²) in [4.78, 5) is 0. The molecule has 78 valence electrons. The molecular weight excluding hydrogens is 242 g/mol. The van der Waals surface area contributed by atoms with Crippen LogP contribution < -0.4 is 11.1 Å². The molecule has 1 aromatic carbocycles. The minimum Gasteiger partial charge on any atom is -0.319 e. The van der Waals surface area contributed by atoms with Crippen molar-refractivity contribution in [1.82, 2.24) is 5.32 Å². The second-order valence-electron chi connectivity index (χ2n) is 3.36. The summed E-state index contributed by atoms with van der Waals surface area (Å²) in [6.07, 6.45) is 0. The van der Waals surface area contributed by atoms with Gasteiger partial charge in [-0.2, -0.15) is 0 Å². The van der Waals surface area contributed by atoms with E-state index in [2.05, 4.69) is 5.32 Å². The Morgan fingerprint density at radius 3 is 2.43 bits per heavy atom. The first-order valence-corrected chi connectivity index (χ1v) is 4.83. The van der Waals surface area contributed by atoms with Crippen molar-refractivity contribution in [2.75, 3.05) is 13.1 Å². The number of nitrogens with one attached hydrogen (secondary N) is 1. The number of benzene rings is 1. The summed E-state index contributed by atoms with van der Waals surface area (Å²) < 4.78 is 0. The molecule has 0 radical (unpaired) electrons. The average Bonchev–Trinajstić information content (AvgIpc) is 2.06. The fraction of sp³-hybridized carbons (Fsp3) is 0.333. The first-order valence-electron chi connectivity index (χ1n) is 4.07. The average molecular weight is 254 g/mol. The van der Waals surface area contributed by atoms with Gasteiger partial charge >= 0.3 is 0 Å². The van der Waals surface area contributed by atoms with Gasteiger partial charge in [-0.25, -0.2) is 0 Å². The van der Waals surface area contributed by atoms with Crippen LogP contribution in [0.3, 0.4) is 0 Å². The van der Waals surface area contributed by atoms with Crippen LogP contribution in [0.25, 0.3) is 0 Å². The maximum absolute atomic E-state index is 6.09. The van der Waals surface area contributed by atoms with E-state index in [9.17, 15) is 0 Å². The molecule has 0 atom stereocenters. The number of hydrogen-bond donors (Lipinski definition) is 2. The van der Waals surface area contributed by atoms with E-state index in [1.807, 2.05) is 12.1 Å². The summed E-state index contributed by atoms with van der Waals surface area (Å²) in [6, 6.07) is 5.56. The van der Waals surface area contributed by atoms with E-state index < -0.39 is 0 Å². The summed E-state index contributed by atoms with van der Waals surface area (Å²) >= 11 is 11.9. The molecule has 1 aromatic rings. The van der Waals surface area contributed by atoms with Gasteiger partial charge in [0, 0.05) is 13.1 Å². The Labute approximate surface area is 99.2 Å². The summed E-state index contributed by atoms with van der Waals surface area (Å²) in [5.41, 5.74) is 6.69. The van der Waals surface area contributed by atoms with E-state index in [0.29, 0.717) is 10.0 Å². The zero-order chi connectivity index (χ0) is 9.47. The van der Waals surface area contributed by atoms with E-state index in [1.54, 1.807) is 6.07 Å². The van der Waals surface area contributed by atoms with Gasteiger partial charge in [0.1, 0.15) is 0 Å². The predicted molar refractivity (Wildman–Crippen MR) is 62.4 cm³/mol. The van der Waals surface area contributed by atoms with Crippen molar-refractivity contribution >= 4 is 35.6 Å². The minimum atomic E-state index is -0.331. The van der Waals surface area contributed by atoms with Crippen LogP contribution in [0.1, 0.15) is 5.56 Å². The lowest BCUT2D eigenvalue weighted by Gasteiger charge is -2.40. The van der Waals surface area contributed by atoms with Crippen LogP contribution in [0.5, 0.6) is 0 Å². The van der Waals surface area contributed by atoms with E-state index in [-0.39, 0.29) is 17.9 Å². The van der Waals surface area contributed by atoms with Gasteiger partial charge in [-0.1, -0.05) is 35.3 Å². The number of nitrogens with two attached hydrogens (primary N) is 1. The van der Waals surface area contributed by atoms with Gasteiger partial charge in [-0.15, -0.1) is 12.4 Å². The Bertz CT molecular complexity index is 337. The van der Waals surface area contributed by atoms with Crippen LogP contribution in [-0.2, 0) is 5.54 Å². The highest BCUT2D eigenvalue weighted by Crippen LogP contribution is 2.33. The maximum atomic E-state index is 6.09. The lowest BCUT2D eigenvalue weighted by atomic mass is 9.85.